The van der Waals surface area contributed by atoms with Crippen molar-refractivity contribution >= 4 is 37.4 Å². The highest BCUT2D eigenvalue weighted by atomic mass is 32.2. The van der Waals surface area contributed by atoms with E-state index < -0.39 is 22.0 Å². The van der Waals surface area contributed by atoms with E-state index in [9.17, 15) is 21.6 Å². The Kier molecular flexibility index (Phi) is 5.88. The summed E-state index contributed by atoms with van der Waals surface area (Å²) in [6.07, 6.45) is -3.07. The molecule has 6 nitrogen and oxygen atoms in total. The fraction of sp³-hybridized carbons (Fsp3) is 0.647. The van der Waals surface area contributed by atoms with Gasteiger partial charge in [0.1, 0.15) is 10.6 Å². The molecule has 28 heavy (non-hydrogen) atoms. The number of rotatable bonds is 5. The second-order valence-corrected chi connectivity index (χ2v) is 10.1. The number of sulfonamides is 1. The number of piperidine rings is 1. The third-order valence-corrected chi connectivity index (χ3v) is 7.62. The summed E-state index contributed by atoms with van der Waals surface area (Å²) in [5.74, 6) is -0.779. The largest absolute Gasteiger partial charge is 0.451 e. The smallest absolute Gasteiger partial charge is 0.356 e. The van der Waals surface area contributed by atoms with E-state index in [1.165, 1.54) is 11.3 Å². The van der Waals surface area contributed by atoms with Gasteiger partial charge in [0, 0.05) is 24.0 Å². The van der Waals surface area contributed by atoms with Gasteiger partial charge < -0.3 is 4.90 Å². The lowest BCUT2D eigenvalue weighted by atomic mass is 10.1. The van der Waals surface area contributed by atoms with Crippen LogP contribution in [0.3, 0.4) is 0 Å². The van der Waals surface area contributed by atoms with Crippen molar-refractivity contribution in [3.8, 4) is 0 Å². The van der Waals surface area contributed by atoms with Crippen LogP contribution in [0.15, 0.2) is 0 Å². The van der Waals surface area contributed by atoms with Crippen LogP contribution in [0.25, 0.3) is 10.2 Å². The van der Waals surface area contributed by atoms with Crippen LogP contribution in [-0.2, 0) is 16.2 Å². The second-order valence-electron chi connectivity index (χ2n) is 7.03. The van der Waals surface area contributed by atoms with Gasteiger partial charge >= 0.3 is 6.18 Å². The highest BCUT2D eigenvalue weighted by Crippen LogP contribution is 2.38. The Balaban J connectivity index is 1.88. The van der Waals surface area contributed by atoms with Crippen LogP contribution >= 0.6 is 11.3 Å². The maximum absolute atomic E-state index is 13.3. The van der Waals surface area contributed by atoms with E-state index in [0.717, 1.165) is 10.4 Å². The number of nitrogens with one attached hydrogen (secondary N) is 1. The van der Waals surface area contributed by atoms with Crippen molar-refractivity contribution in [2.45, 2.75) is 52.3 Å². The summed E-state index contributed by atoms with van der Waals surface area (Å²) in [4.78, 5) is 10.6. The predicted molar refractivity (Wildman–Crippen MR) is 104 cm³/mol. The SMILES string of the molecule is CCCS(=O)(=O)NC1CCN(c2nc(C(F)(F)F)nc3sc(C)c(C)c23)CC1. The molecule has 1 aliphatic rings. The Morgan fingerprint density at radius 2 is 1.86 bits per heavy atom. The molecule has 1 saturated heterocycles. The Bertz CT molecular complexity index is 965. The normalized spacial score (nSPS) is 16.9. The zero-order valence-electron chi connectivity index (χ0n) is 15.9. The van der Waals surface area contributed by atoms with E-state index in [4.69, 9.17) is 0 Å². The van der Waals surface area contributed by atoms with E-state index in [-0.39, 0.29) is 17.6 Å². The fourth-order valence-corrected chi connectivity index (χ4v) is 5.80. The molecule has 0 atom stereocenters. The number of halogens is 3. The van der Waals surface area contributed by atoms with E-state index in [2.05, 4.69) is 14.7 Å². The van der Waals surface area contributed by atoms with Gasteiger partial charge in [-0.3, -0.25) is 0 Å². The highest BCUT2D eigenvalue weighted by molar-refractivity contribution is 7.89. The number of hydrogen-bond acceptors (Lipinski definition) is 6. The first-order valence-electron chi connectivity index (χ1n) is 9.11. The highest BCUT2D eigenvalue weighted by Gasteiger charge is 2.37. The molecule has 0 radical (unpaired) electrons. The fourth-order valence-electron chi connectivity index (χ4n) is 3.37. The van der Waals surface area contributed by atoms with E-state index in [1.807, 2.05) is 18.7 Å². The maximum atomic E-state index is 13.3. The minimum atomic E-state index is -4.62. The molecule has 3 heterocycles. The van der Waals surface area contributed by atoms with Crippen molar-refractivity contribution in [3.63, 3.8) is 0 Å². The van der Waals surface area contributed by atoms with Crippen LogP contribution in [-0.4, -0.2) is 43.3 Å². The number of hydrogen-bond donors (Lipinski definition) is 1. The molecular formula is C17H23F3N4O2S2. The van der Waals surface area contributed by atoms with Crippen LogP contribution in [0.5, 0.6) is 0 Å². The third-order valence-electron chi connectivity index (χ3n) is 4.88. The van der Waals surface area contributed by atoms with Gasteiger partial charge in [-0.2, -0.15) is 13.2 Å². The van der Waals surface area contributed by atoms with Crippen molar-refractivity contribution < 1.29 is 21.6 Å². The molecule has 0 aliphatic carbocycles. The van der Waals surface area contributed by atoms with Gasteiger partial charge in [-0.05, 0) is 38.7 Å². The minimum Gasteiger partial charge on any atom is -0.356 e. The number of aromatic nitrogens is 2. The summed E-state index contributed by atoms with van der Waals surface area (Å²) in [5.41, 5.74) is 0.884. The molecule has 3 rings (SSSR count). The zero-order chi connectivity index (χ0) is 20.7. The summed E-state index contributed by atoms with van der Waals surface area (Å²) < 4.78 is 66.4. The first-order chi connectivity index (χ1) is 13.0. The molecule has 0 aromatic carbocycles. The Hall–Kier alpha value is -1.46. The van der Waals surface area contributed by atoms with Crippen LogP contribution in [0, 0.1) is 13.8 Å². The molecule has 0 spiro atoms. The van der Waals surface area contributed by atoms with Crippen molar-refractivity contribution in [2.75, 3.05) is 23.7 Å². The molecule has 0 saturated carbocycles. The average Bonchev–Trinajstić information content (AvgIpc) is 2.88. The molecule has 1 fully saturated rings. The molecule has 2 aromatic rings. The van der Waals surface area contributed by atoms with Gasteiger partial charge in [-0.15, -0.1) is 11.3 Å². The molecule has 1 aliphatic heterocycles. The number of aryl methyl sites for hydroxylation is 2. The Labute approximate surface area is 166 Å². The standard InChI is InChI=1S/C17H23F3N4O2S2/c1-4-9-28(25,26)23-12-5-7-24(8-6-12)14-13-10(2)11(3)27-15(13)22-16(21-14)17(18,19)20/h12,23H,4-9H2,1-3H3. The quantitative estimate of drug-likeness (QED) is 0.775. The minimum absolute atomic E-state index is 0.0715. The van der Waals surface area contributed by atoms with Crippen LogP contribution in [0.1, 0.15) is 42.5 Å². The first-order valence-corrected chi connectivity index (χ1v) is 11.6. The van der Waals surface area contributed by atoms with Gasteiger partial charge in [0.05, 0.1) is 11.1 Å². The number of nitrogens with zero attached hydrogens (tertiary/aromatic N) is 3. The summed E-state index contributed by atoms with van der Waals surface area (Å²) >= 11 is 1.23. The lowest BCUT2D eigenvalue weighted by Crippen LogP contribution is -2.45. The van der Waals surface area contributed by atoms with Gasteiger partial charge in [-0.1, -0.05) is 6.92 Å². The second kappa shape index (κ2) is 7.75. The molecule has 0 bridgehead atoms. The number of anilines is 1. The van der Waals surface area contributed by atoms with Crippen molar-refractivity contribution in [1.82, 2.24) is 14.7 Å². The molecule has 11 heteroatoms. The van der Waals surface area contributed by atoms with Gasteiger partial charge in [0.25, 0.3) is 0 Å². The molecule has 0 amide bonds. The molecule has 2 aromatic heterocycles. The molecule has 0 unspecified atom stereocenters. The summed E-state index contributed by atoms with van der Waals surface area (Å²) in [5, 5.41) is 0.653. The van der Waals surface area contributed by atoms with E-state index in [1.54, 1.807) is 6.92 Å². The van der Waals surface area contributed by atoms with E-state index in [0.29, 0.717) is 42.6 Å². The van der Waals surface area contributed by atoms with Crippen molar-refractivity contribution in [3.05, 3.63) is 16.3 Å². The van der Waals surface area contributed by atoms with Crippen LogP contribution in [0.2, 0.25) is 0 Å². The molecule has 1 N–H and O–H groups in total. The van der Waals surface area contributed by atoms with Crippen molar-refractivity contribution in [2.24, 2.45) is 0 Å². The Morgan fingerprint density at radius 3 is 2.43 bits per heavy atom. The summed E-state index contributed by atoms with van der Waals surface area (Å²) in [6.45, 7) is 6.37. The monoisotopic (exact) mass is 436 g/mol. The zero-order valence-corrected chi connectivity index (χ0v) is 17.6. The van der Waals surface area contributed by atoms with Crippen LogP contribution in [0.4, 0.5) is 19.0 Å². The van der Waals surface area contributed by atoms with Gasteiger partial charge in [0.2, 0.25) is 15.8 Å². The summed E-state index contributed by atoms with van der Waals surface area (Å²) in [6, 6.07) is -0.211. The van der Waals surface area contributed by atoms with Gasteiger partial charge in [-0.25, -0.2) is 23.1 Å². The molecular weight excluding hydrogens is 413 g/mol. The number of thiophene rings is 1. The number of fused-ring (bicyclic) bond motifs is 1. The molecule has 156 valence electrons. The average molecular weight is 437 g/mol. The maximum Gasteiger partial charge on any atom is 0.451 e. The third kappa shape index (κ3) is 4.41. The summed E-state index contributed by atoms with van der Waals surface area (Å²) in [7, 11) is -3.32. The topological polar surface area (TPSA) is 75.2 Å². The first kappa shape index (κ1) is 21.3. The Morgan fingerprint density at radius 1 is 1.21 bits per heavy atom. The van der Waals surface area contributed by atoms with Gasteiger partial charge in [0.15, 0.2) is 0 Å². The lowest BCUT2D eigenvalue weighted by Gasteiger charge is -2.33. The van der Waals surface area contributed by atoms with Crippen molar-refractivity contribution in [1.29, 1.82) is 0 Å². The van der Waals surface area contributed by atoms with Crippen LogP contribution < -0.4 is 9.62 Å². The lowest BCUT2D eigenvalue weighted by molar-refractivity contribution is -0.144. The predicted octanol–water partition coefficient (Wildman–Crippen LogP) is 3.63. The van der Waals surface area contributed by atoms with E-state index >= 15 is 0 Å². The number of alkyl halides is 3.